The minimum absolute atomic E-state index is 0.0234. The molecule has 0 unspecified atom stereocenters. The summed E-state index contributed by atoms with van der Waals surface area (Å²) < 4.78 is 71.5. The number of piperazine rings is 1. The van der Waals surface area contributed by atoms with Crippen molar-refractivity contribution in [3.8, 4) is 6.07 Å². The number of alkyl halides is 3. The smallest absolute Gasteiger partial charge is 0.352 e. The molecule has 18 heteroatoms. The van der Waals surface area contributed by atoms with Crippen LogP contribution in [0.25, 0.3) is 10.8 Å². The number of aromatic amines is 1. The van der Waals surface area contributed by atoms with Gasteiger partial charge in [-0.2, -0.15) is 23.5 Å². The lowest BCUT2D eigenvalue weighted by molar-refractivity contribution is -0.137. The van der Waals surface area contributed by atoms with Gasteiger partial charge in [0.2, 0.25) is 0 Å². The Kier molecular flexibility index (Phi) is 12.7. The fourth-order valence-corrected chi connectivity index (χ4v) is 8.43. The number of hydrogen-bond acceptors (Lipinski definition) is 8. The Hall–Kier alpha value is -6.58. The minimum atomic E-state index is -4.87. The van der Waals surface area contributed by atoms with Gasteiger partial charge in [0, 0.05) is 50.2 Å². The number of hydrogen-bond donors (Lipinski definition) is 2. The van der Waals surface area contributed by atoms with Gasteiger partial charge in [-0.05, 0) is 106 Å². The molecule has 3 heterocycles. The van der Waals surface area contributed by atoms with Gasteiger partial charge < -0.3 is 15.1 Å². The van der Waals surface area contributed by atoms with Gasteiger partial charge in [-0.15, -0.1) is 0 Å². The summed E-state index contributed by atoms with van der Waals surface area (Å²) in [5, 5.41) is 19.6. The first kappa shape index (κ1) is 44.5. The van der Waals surface area contributed by atoms with E-state index < -0.39 is 52.2 Å². The van der Waals surface area contributed by atoms with E-state index in [9.17, 15) is 42.0 Å². The molecule has 2 saturated heterocycles. The van der Waals surface area contributed by atoms with Crippen LogP contribution in [0.4, 0.5) is 33.3 Å². The molecule has 0 spiro atoms. The molecule has 5 aromatic rings. The van der Waals surface area contributed by atoms with Crippen molar-refractivity contribution in [1.82, 2.24) is 25.3 Å². The zero-order chi connectivity index (χ0) is 45.2. The van der Waals surface area contributed by atoms with E-state index in [0.717, 1.165) is 36.4 Å². The van der Waals surface area contributed by atoms with Gasteiger partial charge in [-0.3, -0.25) is 29.0 Å². The molecular formula is C45H41F5N8O4S. The van der Waals surface area contributed by atoms with Crippen molar-refractivity contribution in [3.05, 3.63) is 134 Å². The molecule has 7 rings (SSSR count). The number of fused-ring (bicyclic) bond motifs is 1. The van der Waals surface area contributed by atoms with Crippen LogP contribution in [0.5, 0.6) is 0 Å². The lowest BCUT2D eigenvalue weighted by Crippen LogP contribution is -2.49. The molecule has 2 aliphatic heterocycles. The van der Waals surface area contributed by atoms with Crippen molar-refractivity contribution in [2.75, 3.05) is 49.1 Å². The van der Waals surface area contributed by atoms with E-state index >= 15 is 4.39 Å². The molecule has 0 aliphatic carbocycles. The van der Waals surface area contributed by atoms with Crippen LogP contribution in [-0.4, -0.2) is 87.6 Å². The van der Waals surface area contributed by atoms with E-state index in [1.54, 1.807) is 35.2 Å². The van der Waals surface area contributed by atoms with Crippen LogP contribution in [0.15, 0.2) is 83.7 Å². The summed E-state index contributed by atoms with van der Waals surface area (Å²) in [6.07, 6.45) is -2.40. The lowest BCUT2D eigenvalue weighted by Gasteiger charge is -2.35. The van der Waals surface area contributed by atoms with Crippen molar-refractivity contribution >= 4 is 57.2 Å². The van der Waals surface area contributed by atoms with E-state index in [-0.39, 0.29) is 39.7 Å². The number of nitrogens with zero attached hydrogens (tertiary/aromatic N) is 6. The number of nitrogens with one attached hydrogen (secondary N) is 2. The normalized spacial score (nSPS) is 15.6. The maximum atomic E-state index is 15.5. The predicted octanol–water partition coefficient (Wildman–Crippen LogP) is 6.96. The maximum absolute atomic E-state index is 15.5. The zero-order valence-corrected chi connectivity index (χ0v) is 35.0. The highest BCUT2D eigenvalue weighted by atomic mass is 32.1. The van der Waals surface area contributed by atoms with Crippen molar-refractivity contribution in [2.24, 2.45) is 0 Å². The number of carbonyl (C=O) groups excluding carboxylic acids is 3. The first-order valence-electron chi connectivity index (χ1n) is 20.1. The topological polar surface area (TPSA) is 146 Å². The monoisotopic (exact) mass is 884 g/mol. The standard InChI is InChI=1S/C45H41F5N8O4S/c1-44(2)42(62)57(29-12-11-28(26-51)35(24-29)45(48,49)50)43(63)58(44)30-13-14-33(37(47)25-30)39(59)52-16-6-3-7-17-55-18-20-56(21-19-55)41(61)34-22-27(10-15-36(34)46)23-38-31-8-4-5-9-32(31)40(60)54-53-38/h4-5,8-15,22,24-25H,3,6-7,16-21,23H2,1-2H3,(H,52,59)(H,54,60). The molecule has 3 amide bonds. The molecule has 63 heavy (non-hydrogen) atoms. The van der Waals surface area contributed by atoms with E-state index in [2.05, 4.69) is 20.4 Å². The quantitative estimate of drug-likeness (QED) is 0.0772. The lowest BCUT2D eigenvalue weighted by atomic mass is 10.0. The zero-order valence-electron chi connectivity index (χ0n) is 34.2. The second kappa shape index (κ2) is 18.0. The summed E-state index contributed by atoms with van der Waals surface area (Å²) in [7, 11) is 0. The molecule has 4 aromatic carbocycles. The van der Waals surface area contributed by atoms with Crippen LogP contribution in [0, 0.1) is 23.0 Å². The van der Waals surface area contributed by atoms with Crippen LogP contribution < -0.4 is 20.7 Å². The van der Waals surface area contributed by atoms with Crippen molar-refractivity contribution in [1.29, 1.82) is 5.26 Å². The fraction of sp³-hybridized carbons (Fsp3) is 0.311. The van der Waals surface area contributed by atoms with Gasteiger partial charge in [0.1, 0.15) is 17.2 Å². The molecule has 326 valence electrons. The number of nitriles is 1. The molecule has 1 aromatic heterocycles. The third kappa shape index (κ3) is 9.16. The molecule has 0 bridgehead atoms. The van der Waals surface area contributed by atoms with Crippen molar-refractivity contribution < 1.29 is 36.3 Å². The van der Waals surface area contributed by atoms with Crippen LogP contribution in [-0.2, 0) is 17.4 Å². The number of rotatable bonds is 12. The second-order valence-electron chi connectivity index (χ2n) is 15.8. The van der Waals surface area contributed by atoms with Crippen LogP contribution in [0.3, 0.4) is 0 Å². The number of thiocarbonyl (C=S) groups is 1. The summed E-state index contributed by atoms with van der Waals surface area (Å²) in [5.74, 6) is -3.23. The van der Waals surface area contributed by atoms with E-state index in [1.165, 1.54) is 49.1 Å². The highest BCUT2D eigenvalue weighted by Gasteiger charge is 2.51. The van der Waals surface area contributed by atoms with Crippen LogP contribution in [0.1, 0.15) is 76.2 Å². The average Bonchev–Trinajstić information content (AvgIpc) is 3.44. The third-order valence-electron chi connectivity index (χ3n) is 11.3. The Morgan fingerprint density at radius 3 is 2.29 bits per heavy atom. The SMILES string of the molecule is CC1(C)C(=O)N(c2ccc(C#N)c(C(F)(F)F)c2)C(=S)N1c1ccc(C(=O)NCCCCCN2CCN(C(=O)c3cc(Cc4n[nH]c(=O)c5ccccc45)ccc3F)CC2)c(F)c1. The predicted molar refractivity (Wildman–Crippen MR) is 229 cm³/mol. The summed E-state index contributed by atoms with van der Waals surface area (Å²) in [4.78, 5) is 58.1. The number of anilines is 2. The van der Waals surface area contributed by atoms with Crippen molar-refractivity contribution in [3.63, 3.8) is 0 Å². The summed E-state index contributed by atoms with van der Waals surface area (Å²) in [5.41, 5.74) is -2.67. The Bertz CT molecular complexity index is 2730. The molecule has 2 N–H and O–H groups in total. The van der Waals surface area contributed by atoms with Gasteiger partial charge in [-0.25, -0.2) is 13.9 Å². The third-order valence-corrected chi connectivity index (χ3v) is 11.7. The van der Waals surface area contributed by atoms with Crippen molar-refractivity contribution in [2.45, 2.75) is 51.2 Å². The van der Waals surface area contributed by atoms with E-state index in [0.29, 0.717) is 67.1 Å². The van der Waals surface area contributed by atoms with Gasteiger partial charge in [-0.1, -0.05) is 30.7 Å². The Morgan fingerprint density at radius 1 is 0.873 bits per heavy atom. The highest BCUT2D eigenvalue weighted by molar-refractivity contribution is 7.81. The number of aromatic nitrogens is 2. The van der Waals surface area contributed by atoms with Gasteiger partial charge in [0.25, 0.3) is 23.3 Å². The molecule has 2 aliphatic rings. The van der Waals surface area contributed by atoms with Gasteiger partial charge in [0.15, 0.2) is 5.11 Å². The number of unbranched alkanes of at least 4 members (excludes halogenated alkanes) is 2. The molecule has 0 atom stereocenters. The first-order chi connectivity index (χ1) is 30.0. The summed E-state index contributed by atoms with van der Waals surface area (Å²) >= 11 is 5.53. The van der Waals surface area contributed by atoms with E-state index in [1.807, 2.05) is 6.07 Å². The number of benzene rings is 4. The number of amides is 3. The fourth-order valence-electron chi connectivity index (χ4n) is 7.91. The highest BCUT2D eigenvalue weighted by Crippen LogP contribution is 2.40. The van der Waals surface area contributed by atoms with Gasteiger partial charge in [0.05, 0.1) is 45.1 Å². The molecule has 0 saturated carbocycles. The minimum Gasteiger partial charge on any atom is -0.352 e. The maximum Gasteiger partial charge on any atom is 0.417 e. The number of carbonyl (C=O) groups is 3. The second-order valence-corrected chi connectivity index (χ2v) is 16.2. The van der Waals surface area contributed by atoms with E-state index in [4.69, 9.17) is 12.2 Å². The Labute approximate surface area is 363 Å². The number of halogens is 5. The Morgan fingerprint density at radius 2 is 1.59 bits per heavy atom. The summed E-state index contributed by atoms with van der Waals surface area (Å²) in [6, 6.07) is 19.5. The van der Waals surface area contributed by atoms with Gasteiger partial charge >= 0.3 is 6.18 Å². The molecule has 12 nitrogen and oxygen atoms in total. The Balaban J connectivity index is 0.865. The van der Waals surface area contributed by atoms with Crippen LogP contribution in [0.2, 0.25) is 0 Å². The molecular weight excluding hydrogens is 844 g/mol. The average molecular weight is 885 g/mol. The largest absolute Gasteiger partial charge is 0.417 e. The first-order valence-corrected chi connectivity index (χ1v) is 20.5. The van der Waals surface area contributed by atoms with Crippen LogP contribution >= 0.6 is 12.2 Å². The molecule has 0 radical (unpaired) electrons. The number of H-pyrrole nitrogens is 1. The summed E-state index contributed by atoms with van der Waals surface area (Å²) in [6.45, 7) is 6.04. The molecule has 2 fully saturated rings.